The van der Waals surface area contributed by atoms with Crippen molar-refractivity contribution in [2.45, 2.75) is 80.2 Å². The van der Waals surface area contributed by atoms with Gasteiger partial charge in [0.25, 0.3) is 0 Å². The second kappa shape index (κ2) is 14.4. The molecule has 3 aromatic rings. The highest BCUT2D eigenvalue weighted by atomic mass is 15.0. The SMILES string of the molecule is C=C(C)C(C)(CC)Nc1ccc(C)cc1.CC.CCCc1ccc(-c2ccc(C)cc2)cc1. The molecule has 1 atom stereocenters. The molecule has 3 aromatic carbocycles. The first-order valence-electron chi connectivity index (χ1n) is 12.4. The van der Waals surface area contributed by atoms with Gasteiger partial charge in [0.1, 0.15) is 0 Å². The Morgan fingerprint density at radius 3 is 1.58 bits per heavy atom. The van der Waals surface area contributed by atoms with E-state index in [9.17, 15) is 0 Å². The minimum Gasteiger partial charge on any atom is -0.376 e. The van der Waals surface area contributed by atoms with Crippen molar-refractivity contribution in [3.8, 4) is 11.1 Å². The Hall–Kier alpha value is -2.80. The first-order chi connectivity index (χ1) is 15.8. The van der Waals surface area contributed by atoms with Gasteiger partial charge in [-0.15, -0.1) is 0 Å². The van der Waals surface area contributed by atoms with Crippen molar-refractivity contribution in [2.75, 3.05) is 5.32 Å². The lowest BCUT2D eigenvalue weighted by atomic mass is 9.91. The summed E-state index contributed by atoms with van der Waals surface area (Å²) in [7, 11) is 0. The van der Waals surface area contributed by atoms with E-state index < -0.39 is 0 Å². The summed E-state index contributed by atoms with van der Waals surface area (Å²) in [5.41, 5.74) is 8.96. The van der Waals surface area contributed by atoms with Crippen molar-refractivity contribution in [3.05, 3.63) is 102 Å². The highest BCUT2D eigenvalue weighted by Crippen LogP contribution is 2.25. The Kier molecular flexibility index (Phi) is 12.3. The molecule has 0 amide bonds. The van der Waals surface area contributed by atoms with Gasteiger partial charge in [0.15, 0.2) is 0 Å². The normalized spacial score (nSPS) is 11.8. The molecule has 0 spiro atoms. The first kappa shape index (κ1) is 28.2. The van der Waals surface area contributed by atoms with Gasteiger partial charge in [-0.1, -0.05) is 118 Å². The van der Waals surface area contributed by atoms with E-state index in [2.05, 4.69) is 126 Å². The lowest BCUT2D eigenvalue weighted by Crippen LogP contribution is -2.34. The monoisotopic (exact) mass is 443 g/mol. The molecule has 0 saturated carbocycles. The van der Waals surface area contributed by atoms with E-state index in [0.717, 1.165) is 12.1 Å². The Morgan fingerprint density at radius 2 is 1.18 bits per heavy atom. The topological polar surface area (TPSA) is 12.0 Å². The fourth-order valence-electron chi connectivity index (χ4n) is 3.35. The second-order valence-corrected chi connectivity index (χ2v) is 8.77. The average molecular weight is 444 g/mol. The van der Waals surface area contributed by atoms with E-state index in [4.69, 9.17) is 0 Å². The van der Waals surface area contributed by atoms with Crippen LogP contribution in [0.2, 0.25) is 0 Å². The number of aryl methyl sites for hydroxylation is 3. The third kappa shape index (κ3) is 9.30. The number of rotatable bonds is 7. The smallest absolute Gasteiger partial charge is 0.0549 e. The molecule has 3 rings (SSSR count). The molecule has 0 saturated heterocycles. The van der Waals surface area contributed by atoms with Crippen molar-refractivity contribution in [1.29, 1.82) is 0 Å². The number of benzene rings is 3. The summed E-state index contributed by atoms with van der Waals surface area (Å²) in [4.78, 5) is 0. The van der Waals surface area contributed by atoms with E-state index in [0.29, 0.717) is 0 Å². The lowest BCUT2D eigenvalue weighted by molar-refractivity contribution is 0.578. The van der Waals surface area contributed by atoms with E-state index >= 15 is 0 Å². The molecule has 0 aromatic heterocycles. The molecule has 0 aliphatic rings. The Morgan fingerprint density at radius 1 is 0.758 bits per heavy atom. The van der Waals surface area contributed by atoms with E-state index in [1.807, 2.05) is 13.8 Å². The molecule has 1 unspecified atom stereocenters. The van der Waals surface area contributed by atoms with Gasteiger partial charge in [-0.25, -0.2) is 0 Å². The van der Waals surface area contributed by atoms with Crippen LogP contribution in [0.25, 0.3) is 11.1 Å². The molecule has 33 heavy (non-hydrogen) atoms. The van der Waals surface area contributed by atoms with Crippen molar-refractivity contribution < 1.29 is 0 Å². The van der Waals surface area contributed by atoms with Crippen molar-refractivity contribution >= 4 is 5.69 Å². The fraction of sp³-hybridized carbons (Fsp3) is 0.375. The van der Waals surface area contributed by atoms with Crippen LogP contribution in [0.1, 0.15) is 71.1 Å². The van der Waals surface area contributed by atoms with Gasteiger partial charge in [-0.05, 0) is 69.4 Å². The summed E-state index contributed by atoms with van der Waals surface area (Å²) in [6.07, 6.45) is 3.42. The summed E-state index contributed by atoms with van der Waals surface area (Å²) in [5.74, 6) is 0. The van der Waals surface area contributed by atoms with Crippen LogP contribution >= 0.6 is 0 Å². The van der Waals surface area contributed by atoms with Crippen LogP contribution in [-0.4, -0.2) is 5.54 Å². The van der Waals surface area contributed by atoms with Gasteiger partial charge in [0.2, 0.25) is 0 Å². The van der Waals surface area contributed by atoms with E-state index in [1.165, 1.54) is 46.2 Å². The molecule has 0 aliphatic heterocycles. The number of anilines is 1. The fourth-order valence-corrected chi connectivity index (χ4v) is 3.35. The maximum absolute atomic E-state index is 4.05. The average Bonchev–Trinajstić information content (AvgIpc) is 2.83. The summed E-state index contributed by atoms with van der Waals surface area (Å²) >= 11 is 0. The first-order valence-corrected chi connectivity index (χ1v) is 12.4. The Labute approximate surface area is 204 Å². The van der Waals surface area contributed by atoms with Crippen molar-refractivity contribution in [3.63, 3.8) is 0 Å². The third-order valence-electron chi connectivity index (χ3n) is 6.00. The molecule has 0 aliphatic carbocycles. The third-order valence-corrected chi connectivity index (χ3v) is 6.00. The standard InChI is InChI=1S/C16H18.C14H21N.C2H6/c1-3-4-14-7-11-16(12-8-14)15-9-5-13(2)6-10-15;1-6-14(5,11(2)3)15-13-9-7-12(4)8-10-13;1-2/h5-12H,3-4H2,1-2H3;7-10,15H,2,6H2,1,3-5H3;1-2H3. The molecule has 0 heterocycles. The number of hydrogen-bond acceptors (Lipinski definition) is 1. The lowest BCUT2D eigenvalue weighted by Gasteiger charge is -2.31. The van der Waals surface area contributed by atoms with E-state index in [1.54, 1.807) is 0 Å². The van der Waals surface area contributed by atoms with Crippen molar-refractivity contribution in [2.24, 2.45) is 0 Å². The van der Waals surface area contributed by atoms with Crippen molar-refractivity contribution in [1.82, 2.24) is 0 Å². The largest absolute Gasteiger partial charge is 0.376 e. The van der Waals surface area contributed by atoms with Crippen LogP contribution in [0.15, 0.2) is 84.9 Å². The minimum absolute atomic E-state index is 0.00470. The van der Waals surface area contributed by atoms with Crippen LogP contribution in [0.5, 0.6) is 0 Å². The second-order valence-electron chi connectivity index (χ2n) is 8.77. The van der Waals surface area contributed by atoms with Crippen LogP contribution in [0.4, 0.5) is 5.69 Å². The van der Waals surface area contributed by atoms with Crippen LogP contribution < -0.4 is 5.32 Å². The van der Waals surface area contributed by atoms with E-state index in [-0.39, 0.29) is 5.54 Å². The van der Waals surface area contributed by atoms with Crippen LogP contribution in [0.3, 0.4) is 0 Å². The molecule has 1 N–H and O–H groups in total. The number of nitrogens with one attached hydrogen (secondary N) is 1. The minimum atomic E-state index is -0.00470. The summed E-state index contributed by atoms with van der Waals surface area (Å²) < 4.78 is 0. The highest BCUT2D eigenvalue weighted by molar-refractivity contribution is 5.63. The molecule has 1 nitrogen and oxygen atoms in total. The zero-order valence-corrected chi connectivity index (χ0v) is 22.3. The van der Waals surface area contributed by atoms with Gasteiger partial charge in [0, 0.05) is 5.69 Å². The maximum Gasteiger partial charge on any atom is 0.0549 e. The quantitative estimate of drug-likeness (QED) is 0.358. The molecule has 0 bridgehead atoms. The van der Waals surface area contributed by atoms with Gasteiger partial charge in [-0.3, -0.25) is 0 Å². The Bertz CT molecular complexity index is 933. The van der Waals surface area contributed by atoms with Gasteiger partial charge in [-0.2, -0.15) is 0 Å². The molecular weight excluding hydrogens is 398 g/mol. The van der Waals surface area contributed by atoms with Crippen LogP contribution in [0, 0.1) is 13.8 Å². The zero-order chi connectivity index (χ0) is 24.9. The molecule has 1 heteroatoms. The van der Waals surface area contributed by atoms with Crippen LogP contribution in [-0.2, 0) is 6.42 Å². The highest BCUT2D eigenvalue weighted by Gasteiger charge is 2.22. The molecule has 0 fully saturated rings. The Balaban J connectivity index is 0.000000308. The predicted molar refractivity (Wildman–Crippen MR) is 150 cm³/mol. The zero-order valence-electron chi connectivity index (χ0n) is 22.3. The summed E-state index contributed by atoms with van der Waals surface area (Å²) in [6.45, 7) is 20.9. The summed E-state index contributed by atoms with van der Waals surface area (Å²) in [5, 5.41) is 3.53. The van der Waals surface area contributed by atoms with Gasteiger partial charge in [0.05, 0.1) is 5.54 Å². The van der Waals surface area contributed by atoms with Gasteiger partial charge < -0.3 is 5.32 Å². The maximum atomic E-state index is 4.05. The van der Waals surface area contributed by atoms with Gasteiger partial charge >= 0.3 is 0 Å². The number of hydrogen-bond donors (Lipinski definition) is 1. The molecule has 178 valence electrons. The molecular formula is C32H45N. The molecule has 0 radical (unpaired) electrons. The summed E-state index contributed by atoms with van der Waals surface area (Å²) in [6, 6.07) is 26.1. The predicted octanol–water partition coefficient (Wildman–Crippen LogP) is 9.79.